The lowest BCUT2D eigenvalue weighted by molar-refractivity contribution is -0.139. The summed E-state index contributed by atoms with van der Waals surface area (Å²) in [6, 6.07) is 3.63. The first kappa shape index (κ1) is 14.6. The maximum absolute atomic E-state index is 13.2. The van der Waals surface area contributed by atoms with Crippen LogP contribution in [0.3, 0.4) is 0 Å². The molecule has 0 saturated carbocycles. The van der Waals surface area contributed by atoms with Crippen molar-refractivity contribution in [3.63, 3.8) is 0 Å². The summed E-state index contributed by atoms with van der Waals surface area (Å²) < 4.78 is 13.2. The zero-order valence-corrected chi connectivity index (χ0v) is 11.0. The fourth-order valence-electron chi connectivity index (χ4n) is 1.71. The lowest BCUT2D eigenvalue weighted by atomic mass is 10.0. The second-order valence-electron chi connectivity index (χ2n) is 4.92. The van der Waals surface area contributed by atoms with Crippen molar-refractivity contribution in [3.8, 4) is 0 Å². The number of carbonyl (C=O) groups is 1. The van der Waals surface area contributed by atoms with E-state index in [-0.39, 0.29) is 5.82 Å². The zero-order valence-electron chi connectivity index (χ0n) is 11.0. The van der Waals surface area contributed by atoms with Crippen LogP contribution < -0.4 is 5.32 Å². The van der Waals surface area contributed by atoms with Crippen LogP contribution in [0.15, 0.2) is 18.2 Å². The Morgan fingerprint density at radius 3 is 2.61 bits per heavy atom. The standard InChI is InChI=1S/C14H20FNO2/c1-9(2)6-7-16-13(14(17)18)11-4-5-12(15)10(3)8-11/h4-5,8-9,13,16H,6-7H2,1-3H3,(H,17,18). The van der Waals surface area contributed by atoms with Crippen molar-refractivity contribution in [2.45, 2.75) is 33.2 Å². The largest absolute Gasteiger partial charge is 0.480 e. The summed E-state index contributed by atoms with van der Waals surface area (Å²) in [4.78, 5) is 11.2. The van der Waals surface area contributed by atoms with Crippen molar-refractivity contribution >= 4 is 5.97 Å². The number of aryl methyl sites for hydroxylation is 1. The van der Waals surface area contributed by atoms with Crippen LogP contribution in [0.1, 0.15) is 37.4 Å². The van der Waals surface area contributed by atoms with Gasteiger partial charge >= 0.3 is 5.97 Å². The van der Waals surface area contributed by atoms with Crippen LogP contribution in [0.25, 0.3) is 0 Å². The first-order valence-corrected chi connectivity index (χ1v) is 6.14. The van der Waals surface area contributed by atoms with Gasteiger partial charge in [-0.25, -0.2) is 4.39 Å². The predicted molar refractivity (Wildman–Crippen MR) is 69.0 cm³/mol. The van der Waals surface area contributed by atoms with E-state index in [4.69, 9.17) is 0 Å². The molecular weight excluding hydrogens is 233 g/mol. The summed E-state index contributed by atoms with van der Waals surface area (Å²) in [6.45, 7) is 6.43. The number of hydrogen-bond donors (Lipinski definition) is 2. The van der Waals surface area contributed by atoms with E-state index in [1.807, 2.05) is 0 Å². The van der Waals surface area contributed by atoms with Crippen molar-refractivity contribution in [3.05, 3.63) is 35.1 Å². The van der Waals surface area contributed by atoms with Gasteiger partial charge in [-0.1, -0.05) is 26.0 Å². The first-order valence-electron chi connectivity index (χ1n) is 6.14. The SMILES string of the molecule is Cc1cc(C(NCCC(C)C)C(=O)O)ccc1F. The Hall–Kier alpha value is -1.42. The minimum absolute atomic E-state index is 0.315. The Labute approximate surface area is 107 Å². The fourth-order valence-corrected chi connectivity index (χ4v) is 1.71. The van der Waals surface area contributed by atoms with Crippen molar-refractivity contribution in [1.82, 2.24) is 5.32 Å². The Morgan fingerprint density at radius 1 is 1.44 bits per heavy atom. The third kappa shape index (κ3) is 4.11. The maximum atomic E-state index is 13.2. The van der Waals surface area contributed by atoms with Crippen LogP contribution in [0.5, 0.6) is 0 Å². The summed E-state index contributed by atoms with van der Waals surface area (Å²) in [5, 5.41) is 12.2. The molecule has 1 unspecified atom stereocenters. The third-order valence-corrected chi connectivity index (χ3v) is 2.83. The van der Waals surface area contributed by atoms with Gasteiger partial charge in [0.2, 0.25) is 0 Å². The number of aliphatic carboxylic acids is 1. The Balaban J connectivity index is 2.78. The molecule has 100 valence electrons. The molecule has 1 aromatic rings. The molecular formula is C14H20FNO2. The van der Waals surface area contributed by atoms with Gasteiger partial charge in [-0.05, 0) is 43.0 Å². The van der Waals surface area contributed by atoms with Gasteiger partial charge in [-0.15, -0.1) is 0 Å². The molecule has 0 radical (unpaired) electrons. The maximum Gasteiger partial charge on any atom is 0.325 e. The van der Waals surface area contributed by atoms with Crippen LogP contribution in [-0.2, 0) is 4.79 Å². The van der Waals surface area contributed by atoms with Gasteiger partial charge < -0.3 is 10.4 Å². The quantitative estimate of drug-likeness (QED) is 0.819. The van der Waals surface area contributed by atoms with Crippen LogP contribution >= 0.6 is 0 Å². The smallest absolute Gasteiger partial charge is 0.325 e. The van der Waals surface area contributed by atoms with Gasteiger partial charge in [0.05, 0.1) is 0 Å². The van der Waals surface area contributed by atoms with Crippen LogP contribution in [-0.4, -0.2) is 17.6 Å². The molecule has 0 fully saturated rings. The van der Waals surface area contributed by atoms with Crippen molar-refractivity contribution in [2.24, 2.45) is 5.92 Å². The highest BCUT2D eigenvalue weighted by Gasteiger charge is 2.19. The predicted octanol–water partition coefficient (Wildman–Crippen LogP) is 2.90. The molecule has 0 bridgehead atoms. The number of hydrogen-bond acceptors (Lipinski definition) is 2. The number of rotatable bonds is 6. The Bertz CT molecular complexity index is 418. The molecule has 0 spiro atoms. The van der Waals surface area contributed by atoms with E-state index in [0.29, 0.717) is 23.6 Å². The van der Waals surface area contributed by atoms with E-state index >= 15 is 0 Å². The van der Waals surface area contributed by atoms with Crippen molar-refractivity contribution in [1.29, 1.82) is 0 Å². The van der Waals surface area contributed by atoms with E-state index in [9.17, 15) is 14.3 Å². The molecule has 4 heteroatoms. The highest BCUT2D eigenvalue weighted by molar-refractivity contribution is 5.75. The molecule has 2 N–H and O–H groups in total. The van der Waals surface area contributed by atoms with Crippen molar-refractivity contribution < 1.29 is 14.3 Å². The lowest BCUT2D eigenvalue weighted by Gasteiger charge is -2.16. The summed E-state index contributed by atoms with van der Waals surface area (Å²) in [5.41, 5.74) is 1.05. The number of carboxylic acids is 1. The Kier molecular flexibility index (Phi) is 5.28. The van der Waals surface area contributed by atoms with E-state index in [2.05, 4.69) is 19.2 Å². The number of carboxylic acid groups (broad SMARTS) is 1. The van der Waals surface area contributed by atoms with Crippen LogP contribution in [0.4, 0.5) is 4.39 Å². The molecule has 1 aromatic carbocycles. The first-order chi connectivity index (χ1) is 8.41. The average Bonchev–Trinajstić information content (AvgIpc) is 2.27. The molecule has 3 nitrogen and oxygen atoms in total. The van der Waals surface area contributed by atoms with E-state index in [1.165, 1.54) is 12.1 Å². The summed E-state index contributed by atoms with van der Waals surface area (Å²) in [7, 11) is 0. The average molecular weight is 253 g/mol. The lowest BCUT2D eigenvalue weighted by Crippen LogP contribution is -2.30. The molecule has 0 aliphatic rings. The molecule has 1 rings (SSSR count). The number of benzene rings is 1. The molecule has 0 aliphatic heterocycles. The van der Waals surface area contributed by atoms with E-state index < -0.39 is 12.0 Å². The normalized spacial score (nSPS) is 12.7. The topological polar surface area (TPSA) is 49.3 Å². The summed E-state index contributed by atoms with van der Waals surface area (Å²) in [6.07, 6.45) is 0.907. The monoisotopic (exact) mass is 253 g/mol. The van der Waals surface area contributed by atoms with Gasteiger partial charge in [-0.3, -0.25) is 4.79 Å². The molecule has 0 heterocycles. The van der Waals surface area contributed by atoms with Crippen molar-refractivity contribution in [2.75, 3.05) is 6.54 Å². The highest BCUT2D eigenvalue weighted by atomic mass is 19.1. The third-order valence-electron chi connectivity index (χ3n) is 2.83. The minimum Gasteiger partial charge on any atom is -0.480 e. The van der Waals surface area contributed by atoms with Gasteiger partial charge in [0.15, 0.2) is 0 Å². The highest BCUT2D eigenvalue weighted by Crippen LogP contribution is 2.17. The van der Waals surface area contributed by atoms with Gasteiger partial charge in [0.1, 0.15) is 11.9 Å². The molecule has 0 saturated heterocycles. The minimum atomic E-state index is -0.940. The molecule has 0 amide bonds. The van der Waals surface area contributed by atoms with Crippen LogP contribution in [0, 0.1) is 18.7 Å². The van der Waals surface area contributed by atoms with E-state index in [0.717, 1.165) is 6.42 Å². The molecule has 18 heavy (non-hydrogen) atoms. The fraction of sp³-hybridized carbons (Fsp3) is 0.500. The van der Waals surface area contributed by atoms with Gasteiger partial charge in [-0.2, -0.15) is 0 Å². The summed E-state index contributed by atoms with van der Waals surface area (Å²) >= 11 is 0. The molecule has 0 aliphatic carbocycles. The Morgan fingerprint density at radius 2 is 2.11 bits per heavy atom. The zero-order chi connectivity index (χ0) is 13.7. The van der Waals surface area contributed by atoms with Gasteiger partial charge in [0.25, 0.3) is 0 Å². The second-order valence-corrected chi connectivity index (χ2v) is 4.92. The second kappa shape index (κ2) is 6.50. The van der Waals surface area contributed by atoms with Crippen LogP contribution in [0.2, 0.25) is 0 Å². The van der Waals surface area contributed by atoms with E-state index in [1.54, 1.807) is 13.0 Å². The molecule has 1 atom stereocenters. The molecule has 0 aromatic heterocycles. The van der Waals surface area contributed by atoms with Gasteiger partial charge in [0, 0.05) is 0 Å². The number of halogens is 1. The number of nitrogens with one attached hydrogen (secondary N) is 1. The summed E-state index contributed by atoms with van der Waals surface area (Å²) in [5.74, 6) is -0.739.